The van der Waals surface area contributed by atoms with Crippen LogP contribution in [-0.4, -0.2) is 35.1 Å². The molecule has 32 heavy (non-hydrogen) atoms. The normalized spacial score (nSPS) is 19.2. The van der Waals surface area contributed by atoms with Gasteiger partial charge < -0.3 is 0 Å². The summed E-state index contributed by atoms with van der Waals surface area (Å²) in [5.41, 5.74) is 0.563. The van der Waals surface area contributed by atoms with Crippen molar-refractivity contribution in [3.8, 4) is 0 Å². The summed E-state index contributed by atoms with van der Waals surface area (Å²) in [6.07, 6.45) is 0.352. The van der Waals surface area contributed by atoms with Crippen molar-refractivity contribution in [2.75, 3.05) is 6.54 Å². The number of hydrogen-bond donors (Lipinski definition) is 0. The number of likely N-dealkylation sites (tertiary alicyclic amines) is 1. The molecule has 1 aliphatic rings. The molecule has 0 radical (unpaired) electrons. The average molecular weight is 486 g/mol. The summed E-state index contributed by atoms with van der Waals surface area (Å²) < 4.78 is 86.5. The van der Waals surface area contributed by atoms with Crippen molar-refractivity contribution in [1.82, 2.24) is 14.3 Å². The van der Waals surface area contributed by atoms with E-state index in [-0.39, 0.29) is 23.7 Å². The highest BCUT2D eigenvalue weighted by Gasteiger charge is 2.41. The van der Waals surface area contributed by atoms with E-state index in [9.17, 15) is 26.0 Å². The fraction of sp³-hybridized carbons (Fsp3) is 0.333. The quantitative estimate of drug-likeness (QED) is 0.471. The van der Waals surface area contributed by atoms with Crippen molar-refractivity contribution in [2.24, 2.45) is 0 Å². The molecule has 5 nitrogen and oxygen atoms in total. The molecule has 0 saturated carbocycles. The first-order valence-corrected chi connectivity index (χ1v) is 12.2. The average Bonchev–Trinajstić information content (AvgIpc) is 3.24. The second-order valence-electron chi connectivity index (χ2n) is 7.68. The standard InChI is InChI=1S/C21H19F4N3O2S2/c22-16-9-19(32(29,30)12-20-26-13-27-31-20)17(23)8-15(16)11-28-7-6-21(24,25)10-18(28)14-4-2-1-3-5-14/h1-5,8-9,13,18H,6-7,10-12H2/t18-/m0/s1. The zero-order valence-electron chi connectivity index (χ0n) is 16.7. The van der Waals surface area contributed by atoms with E-state index >= 15 is 0 Å². The second kappa shape index (κ2) is 8.87. The third-order valence-electron chi connectivity index (χ3n) is 5.41. The van der Waals surface area contributed by atoms with Gasteiger partial charge in [0.15, 0.2) is 9.84 Å². The maximum absolute atomic E-state index is 14.8. The van der Waals surface area contributed by atoms with E-state index in [1.807, 2.05) is 0 Å². The van der Waals surface area contributed by atoms with Crippen LogP contribution in [0.2, 0.25) is 0 Å². The van der Waals surface area contributed by atoms with Gasteiger partial charge in [-0.1, -0.05) is 30.3 Å². The highest BCUT2D eigenvalue weighted by Crippen LogP contribution is 2.40. The molecular formula is C21H19F4N3O2S2. The lowest BCUT2D eigenvalue weighted by atomic mass is 9.92. The summed E-state index contributed by atoms with van der Waals surface area (Å²) in [5, 5.41) is 0.161. The number of halogens is 4. The Kier molecular flexibility index (Phi) is 6.33. The van der Waals surface area contributed by atoms with Crippen molar-refractivity contribution < 1.29 is 26.0 Å². The molecular weight excluding hydrogens is 466 g/mol. The van der Waals surface area contributed by atoms with Gasteiger partial charge in [0, 0.05) is 37.5 Å². The van der Waals surface area contributed by atoms with Crippen molar-refractivity contribution >= 4 is 21.4 Å². The maximum atomic E-state index is 14.8. The van der Waals surface area contributed by atoms with Crippen LogP contribution in [0.25, 0.3) is 0 Å². The first kappa shape index (κ1) is 22.8. The summed E-state index contributed by atoms with van der Waals surface area (Å²) in [6, 6.07) is 9.48. The number of hydrogen-bond acceptors (Lipinski definition) is 6. The van der Waals surface area contributed by atoms with Gasteiger partial charge in [0.25, 0.3) is 5.92 Å². The molecule has 0 spiro atoms. The molecule has 0 bridgehead atoms. The van der Waals surface area contributed by atoms with Crippen LogP contribution in [0.15, 0.2) is 53.7 Å². The number of nitrogens with zero attached hydrogens (tertiary/aromatic N) is 3. The molecule has 2 aromatic carbocycles. The highest BCUT2D eigenvalue weighted by molar-refractivity contribution is 7.90. The molecule has 1 aliphatic heterocycles. The molecule has 1 atom stereocenters. The Labute approximate surface area is 186 Å². The molecule has 11 heteroatoms. The molecule has 1 fully saturated rings. The Bertz CT molecular complexity index is 1190. The lowest BCUT2D eigenvalue weighted by molar-refractivity contribution is -0.0816. The number of sulfone groups is 1. The molecule has 1 saturated heterocycles. The van der Waals surface area contributed by atoms with Crippen molar-refractivity contribution in [3.05, 3.63) is 76.6 Å². The third kappa shape index (κ3) is 5.00. The Morgan fingerprint density at radius 2 is 1.88 bits per heavy atom. The maximum Gasteiger partial charge on any atom is 0.251 e. The minimum atomic E-state index is -4.18. The van der Waals surface area contributed by atoms with Crippen LogP contribution in [0.1, 0.15) is 35.0 Å². The number of alkyl halides is 2. The number of piperidine rings is 1. The SMILES string of the molecule is O=S(=O)(Cc1ncns1)c1cc(F)c(CN2CCC(F)(F)C[C@H]2c2ccccc2)cc1F. The van der Waals surface area contributed by atoms with Crippen LogP contribution in [0.5, 0.6) is 0 Å². The van der Waals surface area contributed by atoms with E-state index in [1.54, 1.807) is 35.2 Å². The Morgan fingerprint density at radius 1 is 1.12 bits per heavy atom. The first-order chi connectivity index (χ1) is 15.1. The molecule has 0 unspecified atom stereocenters. The summed E-state index contributed by atoms with van der Waals surface area (Å²) >= 11 is 0.854. The minimum absolute atomic E-state index is 0.00921. The predicted octanol–water partition coefficient (Wildman–Crippen LogP) is 4.76. The number of benzene rings is 2. The monoisotopic (exact) mass is 485 g/mol. The van der Waals surface area contributed by atoms with Gasteiger partial charge >= 0.3 is 0 Å². The van der Waals surface area contributed by atoms with E-state index in [4.69, 9.17) is 0 Å². The second-order valence-corrected chi connectivity index (χ2v) is 10.5. The lowest BCUT2D eigenvalue weighted by Crippen LogP contribution is -2.41. The highest BCUT2D eigenvalue weighted by atomic mass is 32.2. The van der Waals surface area contributed by atoms with Crippen LogP contribution < -0.4 is 0 Å². The smallest absolute Gasteiger partial charge is 0.251 e. The van der Waals surface area contributed by atoms with Crippen LogP contribution in [-0.2, 0) is 22.1 Å². The zero-order chi connectivity index (χ0) is 22.9. The van der Waals surface area contributed by atoms with Gasteiger partial charge in [-0.3, -0.25) is 4.90 Å². The van der Waals surface area contributed by atoms with Gasteiger partial charge in [-0.15, -0.1) is 0 Å². The summed E-state index contributed by atoms with van der Waals surface area (Å²) in [7, 11) is -4.18. The van der Waals surface area contributed by atoms with Gasteiger partial charge in [-0.2, -0.15) is 4.37 Å². The zero-order valence-corrected chi connectivity index (χ0v) is 18.4. The fourth-order valence-corrected chi connectivity index (χ4v) is 6.00. The van der Waals surface area contributed by atoms with Crippen molar-refractivity contribution in [3.63, 3.8) is 0 Å². The first-order valence-electron chi connectivity index (χ1n) is 9.78. The summed E-state index contributed by atoms with van der Waals surface area (Å²) in [4.78, 5) is 4.67. The van der Waals surface area contributed by atoms with E-state index in [0.29, 0.717) is 11.6 Å². The topological polar surface area (TPSA) is 63.2 Å². The number of aromatic nitrogens is 2. The molecule has 4 rings (SSSR count). The Hall–Kier alpha value is -2.37. The Balaban J connectivity index is 1.60. The van der Waals surface area contributed by atoms with Crippen LogP contribution in [0.4, 0.5) is 17.6 Å². The molecule has 3 aromatic rings. The summed E-state index contributed by atoms with van der Waals surface area (Å²) in [6.45, 7) is -0.139. The van der Waals surface area contributed by atoms with Crippen LogP contribution in [0, 0.1) is 11.6 Å². The lowest BCUT2D eigenvalue weighted by Gasteiger charge is -2.39. The Morgan fingerprint density at radius 3 is 2.56 bits per heavy atom. The van der Waals surface area contributed by atoms with Crippen molar-refractivity contribution in [2.45, 2.75) is 42.0 Å². The minimum Gasteiger partial charge on any atom is -0.292 e. The van der Waals surface area contributed by atoms with E-state index in [1.165, 1.54) is 6.33 Å². The molecule has 2 heterocycles. The largest absolute Gasteiger partial charge is 0.292 e. The van der Waals surface area contributed by atoms with Crippen molar-refractivity contribution in [1.29, 1.82) is 0 Å². The molecule has 0 aliphatic carbocycles. The van der Waals surface area contributed by atoms with Gasteiger partial charge in [-0.05, 0) is 29.2 Å². The van der Waals surface area contributed by atoms with Gasteiger partial charge in [0.1, 0.15) is 33.6 Å². The van der Waals surface area contributed by atoms with Crippen LogP contribution >= 0.6 is 11.5 Å². The van der Waals surface area contributed by atoms with Gasteiger partial charge in [0.05, 0.1) is 0 Å². The molecule has 0 amide bonds. The predicted molar refractivity (Wildman–Crippen MR) is 111 cm³/mol. The van der Waals surface area contributed by atoms with E-state index in [0.717, 1.165) is 17.6 Å². The third-order valence-corrected chi connectivity index (χ3v) is 7.89. The van der Waals surface area contributed by atoms with E-state index < -0.39 is 56.9 Å². The summed E-state index contributed by atoms with van der Waals surface area (Å²) in [5.74, 6) is -5.45. The van der Waals surface area contributed by atoms with E-state index in [2.05, 4.69) is 9.36 Å². The van der Waals surface area contributed by atoms with Gasteiger partial charge in [-0.25, -0.2) is 31.0 Å². The molecule has 0 N–H and O–H groups in total. The molecule has 1 aromatic heterocycles. The fourth-order valence-electron chi connectivity index (χ4n) is 3.82. The van der Waals surface area contributed by atoms with Gasteiger partial charge in [0.2, 0.25) is 0 Å². The van der Waals surface area contributed by atoms with Crippen LogP contribution in [0.3, 0.4) is 0 Å². The number of rotatable bonds is 6. The molecule has 170 valence electrons.